The summed E-state index contributed by atoms with van der Waals surface area (Å²) in [5.74, 6) is -6.48. The number of piperazine rings is 2. The minimum absolute atomic E-state index is 0. The molecule has 3 fully saturated rings. The first-order valence-electron chi connectivity index (χ1n) is 25.3. The molecule has 7 heterocycles. The van der Waals surface area contributed by atoms with Crippen LogP contribution in [-0.4, -0.2) is 121 Å². The maximum atomic E-state index is 16.1. The molecular formula is C56H66BF4N11O5. The van der Waals surface area contributed by atoms with E-state index in [1.807, 2.05) is 54.7 Å². The third-order valence-electron chi connectivity index (χ3n) is 14.8. The van der Waals surface area contributed by atoms with Crippen LogP contribution >= 0.6 is 0 Å². The van der Waals surface area contributed by atoms with Crippen molar-refractivity contribution in [3.05, 3.63) is 162 Å². The summed E-state index contributed by atoms with van der Waals surface area (Å²) >= 11 is 0. The van der Waals surface area contributed by atoms with Gasteiger partial charge in [0.05, 0.1) is 65.1 Å². The van der Waals surface area contributed by atoms with Crippen LogP contribution in [-0.2, 0) is 27.4 Å². The monoisotopic (exact) mass is 1060 g/mol. The number of pyridine rings is 3. The van der Waals surface area contributed by atoms with Crippen LogP contribution in [0.2, 0.25) is 0 Å². The summed E-state index contributed by atoms with van der Waals surface area (Å²) in [7, 11) is -0.321. The molecule has 3 aliphatic heterocycles. The van der Waals surface area contributed by atoms with Crippen LogP contribution in [0.15, 0.2) is 128 Å². The minimum atomic E-state index is -4.14. The number of aliphatic hydroxyl groups is 3. The number of aliphatic hydroxyl groups excluding tert-OH is 2. The molecule has 406 valence electrons. The van der Waals surface area contributed by atoms with E-state index in [1.165, 1.54) is 18.0 Å². The molecule has 3 aliphatic rings. The molecule has 0 saturated carbocycles. The first-order valence-corrected chi connectivity index (χ1v) is 25.3. The van der Waals surface area contributed by atoms with Gasteiger partial charge in [0, 0.05) is 87.1 Å². The fourth-order valence-electron chi connectivity index (χ4n) is 9.42. The maximum Gasteiger partial charge on any atom is 0.494 e. The van der Waals surface area contributed by atoms with Gasteiger partial charge in [-0.3, -0.25) is 15.0 Å². The number of alkyl halides is 2. The van der Waals surface area contributed by atoms with E-state index in [9.17, 15) is 24.1 Å². The van der Waals surface area contributed by atoms with Gasteiger partial charge >= 0.3 is 13.0 Å². The van der Waals surface area contributed by atoms with E-state index in [-0.39, 0.29) is 25.7 Å². The van der Waals surface area contributed by atoms with Crippen LogP contribution in [0.1, 0.15) is 83.8 Å². The average molecular weight is 1060 g/mol. The number of rotatable bonds is 13. The van der Waals surface area contributed by atoms with Gasteiger partial charge in [-0.1, -0.05) is 37.8 Å². The Morgan fingerprint density at radius 1 is 0.610 bits per heavy atom. The number of hydrogen-bond acceptors (Lipinski definition) is 15. The summed E-state index contributed by atoms with van der Waals surface area (Å²) in [5.41, 5.74) is 2.51. The molecule has 3 N–H and O–H groups in total. The van der Waals surface area contributed by atoms with Crippen molar-refractivity contribution in [3.8, 4) is 11.1 Å². The predicted octanol–water partition coefficient (Wildman–Crippen LogP) is 7.86. The van der Waals surface area contributed by atoms with Crippen LogP contribution in [0.3, 0.4) is 0 Å². The van der Waals surface area contributed by atoms with Crippen LogP contribution in [0.4, 0.5) is 40.3 Å². The Bertz CT molecular complexity index is 3000. The zero-order valence-corrected chi connectivity index (χ0v) is 43.3. The maximum absolute atomic E-state index is 16.1. The molecule has 0 bridgehead atoms. The van der Waals surface area contributed by atoms with Crippen molar-refractivity contribution in [2.75, 3.05) is 72.0 Å². The van der Waals surface area contributed by atoms with Crippen LogP contribution in [0.5, 0.6) is 0 Å². The highest BCUT2D eigenvalue weighted by Crippen LogP contribution is 2.47. The number of benzene rings is 3. The molecular weight excluding hydrogens is 993 g/mol. The number of hydrogen-bond donors (Lipinski definition) is 3. The van der Waals surface area contributed by atoms with Crippen molar-refractivity contribution >= 4 is 35.3 Å². The molecule has 0 amide bonds. The lowest BCUT2D eigenvalue weighted by Gasteiger charge is -2.37. The highest BCUT2D eigenvalue weighted by Gasteiger charge is 2.58. The third-order valence-corrected chi connectivity index (χ3v) is 14.8. The summed E-state index contributed by atoms with van der Waals surface area (Å²) in [4.78, 5) is 21.9. The van der Waals surface area contributed by atoms with Gasteiger partial charge in [0.1, 0.15) is 23.7 Å². The first-order chi connectivity index (χ1) is 36.2. The second kappa shape index (κ2) is 22.9. The second-order valence-corrected chi connectivity index (χ2v) is 20.4. The number of nitrogens with zero attached hydrogens (tertiary/aromatic N) is 11. The first kappa shape index (κ1) is 56.2. The topological polar surface area (TPSA) is 174 Å². The largest absolute Gasteiger partial charge is 0.494 e. The summed E-state index contributed by atoms with van der Waals surface area (Å²) in [5, 5.41) is 41.0. The Balaban J connectivity index is 0.000000219. The molecule has 16 nitrogen and oxygen atoms in total. The molecule has 3 saturated heterocycles. The van der Waals surface area contributed by atoms with Gasteiger partial charge in [-0.25, -0.2) is 13.5 Å². The molecule has 3 aromatic carbocycles. The average Bonchev–Trinajstić information content (AvgIpc) is 4.11. The van der Waals surface area contributed by atoms with Crippen molar-refractivity contribution < 1.29 is 42.2 Å². The van der Waals surface area contributed by atoms with Crippen molar-refractivity contribution in [3.63, 3.8) is 0 Å². The Labute approximate surface area is 447 Å². The standard InChI is InChI=1S/C32H30F4N8O2.C23H32BN3O3.CH4/c1-21(45)29-10-8-26(18-37-29)43-14-12-42(13-15-43)25-6-2-22(3-7-25)23-4-11-30(38-17-23)32(35,36)31(46,19-44-20-39-40-41-44)27-9-5-24(33)16-28(27)34;1-17(28)21-11-10-20(16-25-21)27-14-12-26(13-15-27)19-8-6-18(7-9-19)24-29-22(2,3)23(4,5)30-24;/h2-11,16-18,20-21,45-46H,12-15,19H2,1H3;6-11,16-17,28H,12-15H2,1-5H3;1H4/t21?,31-;;/m0../s1. The van der Waals surface area contributed by atoms with E-state index >= 15 is 8.78 Å². The minimum Gasteiger partial charge on any atom is -0.399 e. The predicted molar refractivity (Wildman–Crippen MR) is 289 cm³/mol. The highest BCUT2D eigenvalue weighted by atomic mass is 19.3. The molecule has 0 radical (unpaired) electrons. The van der Waals surface area contributed by atoms with Gasteiger partial charge in [0.2, 0.25) is 0 Å². The fourth-order valence-corrected chi connectivity index (χ4v) is 9.42. The SMILES string of the molecule is C.CC(O)c1ccc(N2CCN(c3ccc(-c4ccc(C(F)(F)[C@](O)(Cn5cnnn5)c5ccc(F)cc5F)nc4)cc3)CC2)cn1.CC(O)c1ccc(N2CCN(c3ccc(B4OC(C)(C)C(C)(C)O4)cc3)CC2)cn1. The van der Waals surface area contributed by atoms with Crippen LogP contribution in [0, 0.1) is 11.6 Å². The van der Waals surface area contributed by atoms with Crippen LogP contribution in [0.25, 0.3) is 11.1 Å². The fraction of sp³-hybridized carbons (Fsp3) is 0.393. The zero-order chi connectivity index (χ0) is 54.0. The summed E-state index contributed by atoms with van der Waals surface area (Å²) < 4.78 is 73.7. The lowest BCUT2D eigenvalue weighted by atomic mass is 9.79. The smallest absolute Gasteiger partial charge is 0.399 e. The van der Waals surface area contributed by atoms with Gasteiger partial charge in [-0.2, -0.15) is 8.78 Å². The van der Waals surface area contributed by atoms with Gasteiger partial charge < -0.3 is 44.2 Å². The lowest BCUT2D eigenvalue weighted by molar-refractivity contribution is -0.207. The van der Waals surface area contributed by atoms with Crippen molar-refractivity contribution in [1.29, 1.82) is 0 Å². The third kappa shape index (κ3) is 12.1. The molecule has 77 heavy (non-hydrogen) atoms. The molecule has 0 spiro atoms. The summed E-state index contributed by atoms with van der Waals surface area (Å²) in [6, 6.07) is 28.4. The summed E-state index contributed by atoms with van der Waals surface area (Å²) in [6.45, 7) is 17.7. The van der Waals surface area contributed by atoms with Crippen LogP contribution < -0.4 is 25.1 Å². The molecule has 2 unspecified atom stereocenters. The van der Waals surface area contributed by atoms with E-state index in [0.29, 0.717) is 23.0 Å². The van der Waals surface area contributed by atoms with E-state index in [2.05, 4.69) is 102 Å². The Morgan fingerprint density at radius 2 is 1.08 bits per heavy atom. The number of aromatic nitrogens is 7. The second-order valence-electron chi connectivity index (χ2n) is 20.4. The Kier molecular flexibility index (Phi) is 16.7. The molecule has 3 atom stereocenters. The van der Waals surface area contributed by atoms with Crippen molar-refractivity contribution in [2.45, 2.75) is 90.4 Å². The molecule has 4 aromatic heterocycles. The van der Waals surface area contributed by atoms with E-state index in [0.717, 1.165) is 110 Å². The summed E-state index contributed by atoms with van der Waals surface area (Å²) in [6.07, 6.45) is 4.74. The van der Waals surface area contributed by atoms with E-state index < -0.39 is 53.2 Å². The lowest BCUT2D eigenvalue weighted by Crippen LogP contribution is -2.48. The molecule has 0 aliphatic carbocycles. The van der Waals surface area contributed by atoms with Gasteiger partial charge in [-0.05, 0) is 130 Å². The highest BCUT2D eigenvalue weighted by molar-refractivity contribution is 6.62. The normalized spacial score (nSPS) is 18.0. The number of anilines is 4. The van der Waals surface area contributed by atoms with Crippen molar-refractivity contribution in [2.24, 2.45) is 0 Å². The Hall–Kier alpha value is -7.04. The van der Waals surface area contributed by atoms with E-state index in [1.54, 1.807) is 20.0 Å². The zero-order valence-electron chi connectivity index (χ0n) is 43.3. The Morgan fingerprint density at radius 3 is 1.49 bits per heavy atom. The molecule has 10 rings (SSSR count). The van der Waals surface area contributed by atoms with Gasteiger partial charge in [0.25, 0.3) is 0 Å². The number of tetrazole rings is 1. The molecule has 7 aromatic rings. The number of halogens is 4. The van der Waals surface area contributed by atoms with Gasteiger partial charge in [-0.15, -0.1) is 5.10 Å². The quantitative estimate of drug-likeness (QED) is 0.0752. The van der Waals surface area contributed by atoms with Crippen molar-refractivity contribution in [1.82, 2.24) is 35.2 Å². The van der Waals surface area contributed by atoms with Gasteiger partial charge in [0.15, 0.2) is 5.60 Å². The molecule has 21 heteroatoms. The van der Waals surface area contributed by atoms with E-state index in [4.69, 9.17) is 9.31 Å².